The summed E-state index contributed by atoms with van der Waals surface area (Å²) in [6.07, 6.45) is 2.06. The van der Waals surface area contributed by atoms with E-state index in [2.05, 4.69) is 44.7 Å². The van der Waals surface area contributed by atoms with E-state index < -0.39 is 6.10 Å². The lowest BCUT2D eigenvalue weighted by Crippen LogP contribution is -3.00. The van der Waals surface area contributed by atoms with E-state index in [0.29, 0.717) is 12.5 Å². The molecule has 1 fully saturated rings. The van der Waals surface area contributed by atoms with Gasteiger partial charge in [-0.1, -0.05) is 26.8 Å². The average molecular weight is 341 g/mol. The molecule has 0 spiro atoms. The van der Waals surface area contributed by atoms with Gasteiger partial charge in [-0.2, -0.15) is 0 Å². The number of aliphatic hydroxyl groups is 1. The molecule has 2 rings (SSSR count). The summed E-state index contributed by atoms with van der Waals surface area (Å²) in [6.45, 7) is 12.1. The minimum atomic E-state index is -0.418. The van der Waals surface area contributed by atoms with Crippen molar-refractivity contribution >= 4 is 0 Å². The third-order valence-electron chi connectivity index (χ3n) is 4.65. The first-order valence-corrected chi connectivity index (χ1v) is 8.59. The Labute approximate surface area is 147 Å². The molecule has 1 atom stereocenters. The summed E-state index contributed by atoms with van der Waals surface area (Å²) in [5.41, 5.74) is 2.61. The molecule has 0 aromatic heterocycles. The molecule has 1 aromatic carbocycles. The highest BCUT2D eigenvalue weighted by Gasteiger charge is 2.18. The van der Waals surface area contributed by atoms with Crippen molar-refractivity contribution in [1.29, 1.82) is 0 Å². The number of aryl methyl sites for hydroxylation is 1. The molecule has 3 nitrogen and oxygen atoms in total. The fourth-order valence-corrected chi connectivity index (χ4v) is 3.17. The topological polar surface area (TPSA) is 32.7 Å². The first-order valence-electron chi connectivity index (χ1n) is 8.59. The fourth-order valence-electron chi connectivity index (χ4n) is 3.17. The Morgan fingerprint density at radius 3 is 2.48 bits per heavy atom. The molecular formula is C19H31ClNO2-. The van der Waals surface area contributed by atoms with Crippen LogP contribution in [0.5, 0.6) is 5.75 Å². The molecule has 0 radical (unpaired) electrons. The van der Waals surface area contributed by atoms with E-state index in [1.54, 1.807) is 0 Å². The number of likely N-dealkylation sites (tertiary alicyclic amines) is 1. The Hall–Kier alpha value is -0.770. The largest absolute Gasteiger partial charge is 1.00 e. The second-order valence-electron chi connectivity index (χ2n) is 7.12. The molecular weight excluding hydrogens is 310 g/mol. The lowest BCUT2D eigenvalue weighted by atomic mass is 9.98. The normalized spacial score (nSPS) is 17.8. The van der Waals surface area contributed by atoms with Crippen molar-refractivity contribution < 1.29 is 22.3 Å². The number of hydrogen-bond donors (Lipinski definition) is 1. The van der Waals surface area contributed by atoms with Crippen LogP contribution in [-0.2, 0) is 0 Å². The maximum absolute atomic E-state index is 10.2. The zero-order valence-corrected chi connectivity index (χ0v) is 15.6. The van der Waals surface area contributed by atoms with Crippen molar-refractivity contribution in [3.05, 3.63) is 29.3 Å². The first-order chi connectivity index (χ1) is 10.5. The summed E-state index contributed by atoms with van der Waals surface area (Å²) in [4.78, 5) is 2.35. The van der Waals surface area contributed by atoms with Crippen molar-refractivity contribution in [2.24, 2.45) is 5.92 Å². The van der Waals surface area contributed by atoms with Gasteiger partial charge in [0.25, 0.3) is 0 Å². The predicted octanol–water partition coefficient (Wildman–Crippen LogP) is 0.594. The van der Waals surface area contributed by atoms with Crippen LogP contribution in [0.3, 0.4) is 0 Å². The zero-order valence-electron chi connectivity index (χ0n) is 14.9. The van der Waals surface area contributed by atoms with Gasteiger partial charge >= 0.3 is 0 Å². The van der Waals surface area contributed by atoms with E-state index in [1.165, 1.54) is 24.0 Å². The van der Waals surface area contributed by atoms with Crippen LogP contribution in [0.15, 0.2) is 18.2 Å². The first kappa shape index (κ1) is 20.3. The van der Waals surface area contributed by atoms with Crippen molar-refractivity contribution in [3.63, 3.8) is 0 Å². The van der Waals surface area contributed by atoms with Gasteiger partial charge in [-0.3, -0.25) is 0 Å². The molecule has 132 valence electrons. The molecule has 1 aromatic rings. The van der Waals surface area contributed by atoms with Gasteiger partial charge in [0.2, 0.25) is 0 Å². The lowest BCUT2D eigenvalue weighted by Gasteiger charge is -2.31. The number of halogens is 1. The van der Waals surface area contributed by atoms with Crippen LogP contribution < -0.4 is 17.1 Å². The van der Waals surface area contributed by atoms with Gasteiger partial charge in [0.05, 0.1) is 0 Å². The summed E-state index contributed by atoms with van der Waals surface area (Å²) in [6, 6.07) is 6.22. The SMILES string of the molecule is Cc1cc(OCC(O)CN2CCC(C)CC2)ccc1C(C)C.[Cl-]. The van der Waals surface area contributed by atoms with Gasteiger partial charge in [-0.25, -0.2) is 0 Å². The number of piperidine rings is 1. The molecule has 1 N–H and O–H groups in total. The molecule has 0 amide bonds. The molecule has 1 aliphatic rings. The molecule has 0 saturated carbocycles. The van der Waals surface area contributed by atoms with Gasteiger partial charge < -0.3 is 27.2 Å². The minimum absolute atomic E-state index is 0. The van der Waals surface area contributed by atoms with E-state index in [4.69, 9.17) is 4.74 Å². The molecule has 1 saturated heterocycles. The molecule has 1 heterocycles. The minimum Gasteiger partial charge on any atom is -1.00 e. The maximum atomic E-state index is 10.2. The summed E-state index contributed by atoms with van der Waals surface area (Å²) in [5.74, 6) is 2.21. The van der Waals surface area contributed by atoms with E-state index in [-0.39, 0.29) is 12.4 Å². The number of β-amino-alcohol motifs (C(OH)–C–C–N with tert-alkyl or cyclic N) is 1. The van der Waals surface area contributed by atoms with E-state index >= 15 is 0 Å². The van der Waals surface area contributed by atoms with Crippen LogP contribution in [0.2, 0.25) is 0 Å². The van der Waals surface area contributed by atoms with Gasteiger partial charge in [0, 0.05) is 6.54 Å². The van der Waals surface area contributed by atoms with Gasteiger partial charge in [0.15, 0.2) is 0 Å². The Kier molecular flexibility index (Phi) is 8.38. The number of aliphatic hydroxyl groups excluding tert-OH is 1. The highest BCUT2D eigenvalue weighted by molar-refractivity contribution is 5.36. The second-order valence-corrected chi connectivity index (χ2v) is 7.12. The predicted molar refractivity (Wildman–Crippen MR) is 91.6 cm³/mol. The monoisotopic (exact) mass is 340 g/mol. The highest BCUT2D eigenvalue weighted by atomic mass is 35.5. The molecule has 23 heavy (non-hydrogen) atoms. The van der Waals surface area contributed by atoms with Crippen molar-refractivity contribution in [2.45, 2.75) is 52.6 Å². The smallest absolute Gasteiger partial charge is 0.119 e. The average Bonchev–Trinajstić information content (AvgIpc) is 2.47. The van der Waals surface area contributed by atoms with Crippen LogP contribution in [0.1, 0.15) is 50.7 Å². The van der Waals surface area contributed by atoms with Crippen LogP contribution in [0, 0.1) is 12.8 Å². The summed E-state index contributed by atoms with van der Waals surface area (Å²) >= 11 is 0. The molecule has 0 aliphatic carbocycles. The number of rotatable bonds is 6. The van der Waals surface area contributed by atoms with Crippen LogP contribution in [0.25, 0.3) is 0 Å². The Morgan fingerprint density at radius 1 is 1.26 bits per heavy atom. The zero-order chi connectivity index (χ0) is 16.1. The number of benzene rings is 1. The van der Waals surface area contributed by atoms with Crippen LogP contribution in [0.4, 0.5) is 0 Å². The highest BCUT2D eigenvalue weighted by Crippen LogP contribution is 2.23. The third-order valence-corrected chi connectivity index (χ3v) is 4.65. The lowest BCUT2D eigenvalue weighted by molar-refractivity contribution is -0.00000709. The van der Waals surface area contributed by atoms with E-state index in [1.807, 2.05) is 6.07 Å². The van der Waals surface area contributed by atoms with Crippen molar-refractivity contribution in [1.82, 2.24) is 4.90 Å². The summed E-state index contributed by atoms with van der Waals surface area (Å²) in [5, 5.41) is 10.2. The molecule has 1 aliphatic heterocycles. The van der Waals surface area contributed by atoms with Gasteiger partial charge in [-0.15, -0.1) is 0 Å². The number of hydrogen-bond acceptors (Lipinski definition) is 3. The van der Waals surface area contributed by atoms with Crippen LogP contribution >= 0.6 is 0 Å². The van der Waals surface area contributed by atoms with E-state index in [9.17, 15) is 5.11 Å². The summed E-state index contributed by atoms with van der Waals surface area (Å²) in [7, 11) is 0. The second kappa shape index (κ2) is 9.51. The van der Waals surface area contributed by atoms with E-state index in [0.717, 1.165) is 31.3 Å². The van der Waals surface area contributed by atoms with Gasteiger partial charge in [0.1, 0.15) is 18.5 Å². The third kappa shape index (κ3) is 6.33. The van der Waals surface area contributed by atoms with Gasteiger partial charge in [-0.05, 0) is 68.0 Å². The Balaban J connectivity index is 0.00000264. The van der Waals surface area contributed by atoms with Crippen molar-refractivity contribution in [2.75, 3.05) is 26.2 Å². The standard InChI is InChI=1S/C19H31NO2.ClH/c1-14(2)19-6-5-18(11-16(19)4)22-13-17(21)12-20-9-7-15(3)8-10-20;/h5-6,11,14-15,17,21H,7-10,12-13H2,1-4H3;1H/p-1. The molecule has 1 unspecified atom stereocenters. The quantitative estimate of drug-likeness (QED) is 0.823. The van der Waals surface area contributed by atoms with Crippen molar-refractivity contribution in [3.8, 4) is 5.75 Å². The molecule has 0 bridgehead atoms. The summed E-state index contributed by atoms with van der Waals surface area (Å²) < 4.78 is 5.77. The van der Waals surface area contributed by atoms with Crippen LogP contribution in [-0.4, -0.2) is 42.4 Å². The fraction of sp³-hybridized carbons (Fsp3) is 0.684. The molecule has 4 heteroatoms. The Bertz CT molecular complexity index is 470. The number of nitrogens with zero attached hydrogens (tertiary/aromatic N) is 1. The Morgan fingerprint density at radius 2 is 1.91 bits per heavy atom. The maximum Gasteiger partial charge on any atom is 0.119 e. The number of ether oxygens (including phenoxy) is 1.